The molecule has 0 aromatic heterocycles. The van der Waals surface area contributed by atoms with Crippen LogP contribution in [0.25, 0.3) is 0 Å². The van der Waals surface area contributed by atoms with Gasteiger partial charge in [0.1, 0.15) is 11.9 Å². The summed E-state index contributed by atoms with van der Waals surface area (Å²) in [6.45, 7) is 9.92. The lowest BCUT2D eigenvalue weighted by Crippen LogP contribution is -2.47. The molecule has 3 atom stereocenters. The Hall–Kier alpha value is -1.02. The molecule has 1 aliphatic carbocycles. The highest BCUT2D eigenvalue weighted by molar-refractivity contribution is 5.35. The van der Waals surface area contributed by atoms with Gasteiger partial charge in [-0.15, -0.1) is 0 Å². The predicted octanol–water partition coefficient (Wildman–Crippen LogP) is 4.24. The second-order valence-corrected chi connectivity index (χ2v) is 6.40. The minimum atomic E-state index is 0.312. The fourth-order valence-corrected chi connectivity index (χ4v) is 3.12. The molecule has 1 saturated carbocycles. The third kappa shape index (κ3) is 3.99. The fraction of sp³-hybridized carbons (Fsp3) is 0.667. The van der Waals surface area contributed by atoms with Crippen LogP contribution in [0.15, 0.2) is 18.2 Å². The molecule has 1 N–H and O–H groups in total. The first-order chi connectivity index (χ1) is 9.60. The zero-order valence-corrected chi connectivity index (χ0v) is 13.4. The second kappa shape index (κ2) is 7.12. The number of ether oxygens (including phenoxy) is 1. The molecule has 0 aliphatic heterocycles. The minimum Gasteiger partial charge on any atom is -0.489 e. The molecule has 3 unspecified atom stereocenters. The van der Waals surface area contributed by atoms with E-state index < -0.39 is 0 Å². The maximum atomic E-state index is 6.36. The molecular formula is C18H29NO. The van der Waals surface area contributed by atoms with Crippen LogP contribution in [0.5, 0.6) is 5.75 Å². The Morgan fingerprint density at radius 3 is 2.75 bits per heavy atom. The first kappa shape index (κ1) is 15.4. The van der Waals surface area contributed by atoms with Gasteiger partial charge < -0.3 is 10.1 Å². The van der Waals surface area contributed by atoms with Crippen LogP contribution in [0.1, 0.15) is 50.7 Å². The highest BCUT2D eigenvalue weighted by atomic mass is 16.5. The van der Waals surface area contributed by atoms with E-state index in [2.05, 4.69) is 51.2 Å². The minimum absolute atomic E-state index is 0.312. The summed E-state index contributed by atoms with van der Waals surface area (Å²) in [4.78, 5) is 0. The SMILES string of the molecule is CCCNC1CCC(C)CC1Oc1ccc(C)cc1C. The smallest absolute Gasteiger partial charge is 0.122 e. The maximum Gasteiger partial charge on any atom is 0.122 e. The van der Waals surface area contributed by atoms with E-state index in [0.717, 1.165) is 24.6 Å². The van der Waals surface area contributed by atoms with Crippen LogP contribution in [0.4, 0.5) is 0 Å². The van der Waals surface area contributed by atoms with Crippen LogP contribution in [-0.4, -0.2) is 18.7 Å². The first-order valence-electron chi connectivity index (χ1n) is 8.07. The Labute approximate surface area is 123 Å². The average Bonchev–Trinajstić information content (AvgIpc) is 2.41. The number of nitrogens with one attached hydrogen (secondary N) is 1. The maximum absolute atomic E-state index is 6.36. The molecule has 1 aromatic rings. The van der Waals surface area contributed by atoms with Gasteiger partial charge in [0.05, 0.1) is 0 Å². The Balaban J connectivity index is 2.06. The lowest BCUT2D eigenvalue weighted by atomic mass is 9.85. The Morgan fingerprint density at radius 1 is 1.25 bits per heavy atom. The van der Waals surface area contributed by atoms with Crippen molar-refractivity contribution >= 4 is 0 Å². The number of rotatable bonds is 5. The van der Waals surface area contributed by atoms with Gasteiger partial charge in [0.25, 0.3) is 0 Å². The molecule has 112 valence electrons. The normalized spacial score (nSPS) is 26.5. The molecule has 1 aromatic carbocycles. The van der Waals surface area contributed by atoms with Crippen molar-refractivity contribution in [3.8, 4) is 5.75 Å². The van der Waals surface area contributed by atoms with Crippen molar-refractivity contribution in [2.24, 2.45) is 5.92 Å². The second-order valence-electron chi connectivity index (χ2n) is 6.40. The summed E-state index contributed by atoms with van der Waals surface area (Å²) >= 11 is 0. The number of hydrogen-bond donors (Lipinski definition) is 1. The van der Waals surface area contributed by atoms with E-state index in [-0.39, 0.29) is 0 Å². The van der Waals surface area contributed by atoms with Crippen molar-refractivity contribution in [1.82, 2.24) is 5.32 Å². The summed E-state index contributed by atoms with van der Waals surface area (Å²) in [6, 6.07) is 6.98. The monoisotopic (exact) mass is 275 g/mol. The molecule has 2 rings (SSSR count). The van der Waals surface area contributed by atoms with Gasteiger partial charge >= 0.3 is 0 Å². The molecule has 2 heteroatoms. The van der Waals surface area contributed by atoms with Crippen LogP contribution in [0.2, 0.25) is 0 Å². The number of hydrogen-bond acceptors (Lipinski definition) is 2. The first-order valence-corrected chi connectivity index (χ1v) is 8.07. The molecule has 1 aliphatic rings. The summed E-state index contributed by atoms with van der Waals surface area (Å²) in [5, 5.41) is 3.67. The van der Waals surface area contributed by atoms with Crippen molar-refractivity contribution in [3.05, 3.63) is 29.3 Å². The van der Waals surface area contributed by atoms with Crippen LogP contribution < -0.4 is 10.1 Å². The van der Waals surface area contributed by atoms with Gasteiger partial charge in [0, 0.05) is 6.04 Å². The van der Waals surface area contributed by atoms with Gasteiger partial charge in [-0.2, -0.15) is 0 Å². The standard InChI is InChI=1S/C18H29NO/c1-5-10-19-16-8-6-14(3)12-18(16)20-17-9-7-13(2)11-15(17)4/h7,9,11,14,16,18-19H,5-6,8,10,12H2,1-4H3. The summed E-state index contributed by atoms with van der Waals surface area (Å²) in [7, 11) is 0. The van der Waals surface area contributed by atoms with E-state index in [0.29, 0.717) is 12.1 Å². The summed E-state index contributed by atoms with van der Waals surface area (Å²) < 4.78 is 6.36. The van der Waals surface area contributed by atoms with E-state index in [9.17, 15) is 0 Å². The van der Waals surface area contributed by atoms with Crippen molar-refractivity contribution in [3.63, 3.8) is 0 Å². The van der Waals surface area contributed by atoms with Gasteiger partial charge in [-0.25, -0.2) is 0 Å². The van der Waals surface area contributed by atoms with E-state index in [4.69, 9.17) is 4.74 Å². The molecule has 0 amide bonds. The Kier molecular flexibility index (Phi) is 5.47. The fourth-order valence-electron chi connectivity index (χ4n) is 3.12. The van der Waals surface area contributed by atoms with Crippen molar-refractivity contribution in [1.29, 1.82) is 0 Å². The molecular weight excluding hydrogens is 246 g/mol. The zero-order valence-electron chi connectivity index (χ0n) is 13.4. The molecule has 0 saturated heterocycles. The molecule has 1 fully saturated rings. The summed E-state index contributed by atoms with van der Waals surface area (Å²) in [5.41, 5.74) is 2.55. The summed E-state index contributed by atoms with van der Waals surface area (Å²) in [5.74, 6) is 1.82. The molecule has 2 nitrogen and oxygen atoms in total. The molecule has 0 bridgehead atoms. The topological polar surface area (TPSA) is 21.3 Å². The molecule has 20 heavy (non-hydrogen) atoms. The number of benzene rings is 1. The average molecular weight is 275 g/mol. The van der Waals surface area contributed by atoms with E-state index in [1.54, 1.807) is 0 Å². The van der Waals surface area contributed by atoms with Crippen LogP contribution in [0, 0.1) is 19.8 Å². The van der Waals surface area contributed by atoms with E-state index in [1.165, 1.54) is 30.4 Å². The highest BCUT2D eigenvalue weighted by Crippen LogP contribution is 2.29. The Morgan fingerprint density at radius 2 is 2.05 bits per heavy atom. The molecule has 0 spiro atoms. The van der Waals surface area contributed by atoms with Gasteiger partial charge in [-0.05, 0) is 63.6 Å². The molecule has 0 radical (unpaired) electrons. The van der Waals surface area contributed by atoms with Gasteiger partial charge in [-0.3, -0.25) is 0 Å². The third-order valence-electron chi connectivity index (χ3n) is 4.32. The number of aryl methyl sites for hydroxylation is 2. The largest absolute Gasteiger partial charge is 0.489 e. The van der Waals surface area contributed by atoms with Crippen molar-refractivity contribution in [2.45, 2.75) is 65.5 Å². The van der Waals surface area contributed by atoms with Gasteiger partial charge in [0.2, 0.25) is 0 Å². The van der Waals surface area contributed by atoms with Crippen LogP contribution in [-0.2, 0) is 0 Å². The quantitative estimate of drug-likeness (QED) is 0.868. The predicted molar refractivity (Wildman–Crippen MR) is 85.4 cm³/mol. The van der Waals surface area contributed by atoms with E-state index >= 15 is 0 Å². The zero-order chi connectivity index (χ0) is 14.5. The lowest BCUT2D eigenvalue weighted by Gasteiger charge is -2.36. The highest BCUT2D eigenvalue weighted by Gasteiger charge is 2.30. The lowest BCUT2D eigenvalue weighted by molar-refractivity contribution is 0.0902. The van der Waals surface area contributed by atoms with Crippen LogP contribution in [0.3, 0.4) is 0 Å². The van der Waals surface area contributed by atoms with Gasteiger partial charge in [-0.1, -0.05) is 31.5 Å². The molecule has 0 heterocycles. The third-order valence-corrected chi connectivity index (χ3v) is 4.32. The van der Waals surface area contributed by atoms with Crippen molar-refractivity contribution in [2.75, 3.05) is 6.54 Å². The summed E-state index contributed by atoms with van der Waals surface area (Å²) in [6.07, 6.45) is 5.20. The van der Waals surface area contributed by atoms with Gasteiger partial charge in [0.15, 0.2) is 0 Å². The van der Waals surface area contributed by atoms with Crippen LogP contribution >= 0.6 is 0 Å². The van der Waals surface area contributed by atoms with E-state index in [1.807, 2.05) is 0 Å². The van der Waals surface area contributed by atoms with Crippen molar-refractivity contribution < 1.29 is 4.74 Å². The Bertz CT molecular complexity index is 427.